The van der Waals surface area contributed by atoms with Crippen LogP contribution in [0.1, 0.15) is 12.0 Å². The van der Waals surface area contributed by atoms with Crippen molar-refractivity contribution >= 4 is 11.6 Å². The molecule has 0 radical (unpaired) electrons. The largest absolute Gasteiger partial charge is 0.322 e. The van der Waals surface area contributed by atoms with Crippen molar-refractivity contribution in [2.24, 2.45) is 0 Å². The highest BCUT2D eigenvalue weighted by atomic mass is 16.1. The first kappa shape index (κ1) is 11.4. The Bertz CT molecular complexity index is 492. The summed E-state index contributed by atoms with van der Waals surface area (Å²) in [6, 6.07) is 7.78. The fourth-order valence-electron chi connectivity index (χ4n) is 1.59. The molecule has 17 heavy (non-hydrogen) atoms. The first-order valence-corrected chi connectivity index (χ1v) is 5.67. The predicted octanol–water partition coefficient (Wildman–Crippen LogP) is 3.38. The molecule has 0 spiro atoms. The van der Waals surface area contributed by atoms with Crippen LogP contribution in [0.4, 0.5) is 5.69 Å². The first-order valence-electron chi connectivity index (χ1n) is 5.67. The molecule has 2 nitrogen and oxygen atoms in total. The SMILES string of the molecule is Cc1ccc(NC(=O)C2=CCC=CC=C2)cc1. The number of benzene rings is 1. The molecule has 1 aromatic rings. The summed E-state index contributed by atoms with van der Waals surface area (Å²) in [6.07, 6.45) is 10.4. The maximum atomic E-state index is 11.9. The van der Waals surface area contributed by atoms with Crippen molar-refractivity contribution in [2.45, 2.75) is 13.3 Å². The van der Waals surface area contributed by atoms with E-state index in [1.165, 1.54) is 5.56 Å². The molecule has 1 aliphatic carbocycles. The Morgan fingerprint density at radius 3 is 2.71 bits per heavy atom. The van der Waals surface area contributed by atoms with E-state index in [2.05, 4.69) is 5.32 Å². The van der Waals surface area contributed by atoms with Gasteiger partial charge in [0.05, 0.1) is 0 Å². The normalized spacial score (nSPS) is 14.1. The highest BCUT2D eigenvalue weighted by Gasteiger charge is 2.06. The third-order valence-corrected chi connectivity index (χ3v) is 2.57. The molecule has 2 rings (SSSR count). The summed E-state index contributed by atoms with van der Waals surface area (Å²) in [7, 11) is 0. The Kier molecular flexibility index (Phi) is 3.55. The molecule has 0 aliphatic heterocycles. The van der Waals surface area contributed by atoms with Gasteiger partial charge < -0.3 is 5.32 Å². The molecular formula is C15H15NO. The zero-order chi connectivity index (χ0) is 12.1. The smallest absolute Gasteiger partial charge is 0.255 e. The molecule has 0 atom stereocenters. The van der Waals surface area contributed by atoms with Crippen molar-refractivity contribution in [2.75, 3.05) is 5.32 Å². The van der Waals surface area contributed by atoms with Gasteiger partial charge in [0.25, 0.3) is 5.91 Å². The molecule has 0 aromatic heterocycles. The van der Waals surface area contributed by atoms with Crippen molar-refractivity contribution in [3.63, 3.8) is 0 Å². The molecule has 1 aromatic carbocycles. The van der Waals surface area contributed by atoms with E-state index in [0.29, 0.717) is 5.57 Å². The number of nitrogens with one attached hydrogen (secondary N) is 1. The van der Waals surface area contributed by atoms with Gasteiger partial charge >= 0.3 is 0 Å². The maximum absolute atomic E-state index is 11.9. The van der Waals surface area contributed by atoms with E-state index in [9.17, 15) is 4.79 Å². The van der Waals surface area contributed by atoms with Gasteiger partial charge in [-0.1, -0.05) is 42.0 Å². The zero-order valence-electron chi connectivity index (χ0n) is 9.81. The molecule has 1 N–H and O–H groups in total. The second-order valence-corrected chi connectivity index (χ2v) is 4.00. The molecule has 0 saturated heterocycles. The number of hydrogen-bond donors (Lipinski definition) is 1. The summed E-state index contributed by atoms with van der Waals surface area (Å²) in [6.45, 7) is 2.02. The minimum Gasteiger partial charge on any atom is -0.322 e. The van der Waals surface area contributed by atoms with E-state index in [4.69, 9.17) is 0 Å². The number of anilines is 1. The van der Waals surface area contributed by atoms with Crippen molar-refractivity contribution in [1.82, 2.24) is 0 Å². The second kappa shape index (κ2) is 5.30. The number of rotatable bonds is 2. The lowest BCUT2D eigenvalue weighted by atomic mass is 10.2. The summed E-state index contributed by atoms with van der Waals surface area (Å²) in [5.74, 6) is -0.0613. The van der Waals surface area contributed by atoms with Gasteiger partial charge in [-0.05, 0) is 31.6 Å². The lowest BCUT2D eigenvalue weighted by Gasteiger charge is -2.05. The predicted molar refractivity (Wildman–Crippen MR) is 70.8 cm³/mol. The van der Waals surface area contributed by atoms with Crippen molar-refractivity contribution in [3.8, 4) is 0 Å². The average molecular weight is 225 g/mol. The molecule has 2 heteroatoms. The number of carbonyl (C=O) groups excluding carboxylic acids is 1. The van der Waals surface area contributed by atoms with Crippen LogP contribution in [-0.4, -0.2) is 5.91 Å². The van der Waals surface area contributed by atoms with Crippen LogP contribution in [0.3, 0.4) is 0 Å². The molecular weight excluding hydrogens is 210 g/mol. The lowest BCUT2D eigenvalue weighted by Crippen LogP contribution is -2.13. The van der Waals surface area contributed by atoms with Gasteiger partial charge in [-0.15, -0.1) is 0 Å². The van der Waals surface area contributed by atoms with Gasteiger partial charge in [0.2, 0.25) is 0 Å². The van der Waals surface area contributed by atoms with E-state index in [0.717, 1.165) is 12.1 Å². The van der Waals surface area contributed by atoms with Crippen molar-refractivity contribution < 1.29 is 4.79 Å². The van der Waals surface area contributed by atoms with Crippen LogP contribution in [0.15, 0.2) is 60.2 Å². The summed E-state index contributed by atoms with van der Waals surface area (Å²) >= 11 is 0. The monoisotopic (exact) mass is 225 g/mol. The third kappa shape index (κ3) is 3.18. The molecule has 0 fully saturated rings. The maximum Gasteiger partial charge on any atom is 0.255 e. The van der Waals surface area contributed by atoms with E-state index < -0.39 is 0 Å². The van der Waals surface area contributed by atoms with Crippen LogP contribution >= 0.6 is 0 Å². The third-order valence-electron chi connectivity index (χ3n) is 2.57. The highest BCUT2D eigenvalue weighted by Crippen LogP contribution is 2.12. The van der Waals surface area contributed by atoms with E-state index in [1.807, 2.05) is 61.6 Å². The number of carbonyl (C=O) groups is 1. The molecule has 0 bridgehead atoms. The standard InChI is InChI=1S/C15H15NO/c1-12-8-10-14(11-9-12)16-15(17)13-6-4-2-3-5-7-13/h2-4,6-11H,5H2,1H3,(H,16,17). The molecule has 0 unspecified atom stereocenters. The summed E-state index contributed by atoms with van der Waals surface area (Å²) in [5, 5.41) is 2.88. The van der Waals surface area contributed by atoms with Crippen LogP contribution in [0.2, 0.25) is 0 Å². The number of amides is 1. The summed E-state index contributed by atoms with van der Waals surface area (Å²) < 4.78 is 0. The van der Waals surface area contributed by atoms with Gasteiger partial charge in [-0.3, -0.25) is 4.79 Å². The van der Waals surface area contributed by atoms with Crippen LogP contribution in [0, 0.1) is 6.92 Å². The average Bonchev–Trinajstić information content (AvgIpc) is 2.61. The van der Waals surface area contributed by atoms with Gasteiger partial charge in [-0.2, -0.15) is 0 Å². The van der Waals surface area contributed by atoms with Crippen molar-refractivity contribution in [3.05, 3.63) is 65.8 Å². The highest BCUT2D eigenvalue weighted by molar-refractivity contribution is 6.05. The Labute approximate surface area is 101 Å². The topological polar surface area (TPSA) is 29.1 Å². The number of aryl methyl sites for hydroxylation is 1. The quantitative estimate of drug-likeness (QED) is 0.821. The Balaban J connectivity index is 2.06. The Morgan fingerprint density at radius 1 is 1.18 bits per heavy atom. The van der Waals surface area contributed by atoms with E-state index >= 15 is 0 Å². The fourth-order valence-corrected chi connectivity index (χ4v) is 1.59. The lowest BCUT2D eigenvalue weighted by molar-refractivity contribution is -0.112. The Morgan fingerprint density at radius 2 is 1.94 bits per heavy atom. The number of allylic oxidation sites excluding steroid dienone is 4. The van der Waals surface area contributed by atoms with Gasteiger partial charge in [0, 0.05) is 11.3 Å². The van der Waals surface area contributed by atoms with Gasteiger partial charge in [0.15, 0.2) is 0 Å². The molecule has 0 saturated carbocycles. The molecule has 86 valence electrons. The minimum absolute atomic E-state index is 0.0613. The second-order valence-electron chi connectivity index (χ2n) is 4.00. The van der Waals surface area contributed by atoms with E-state index in [1.54, 1.807) is 0 Å². The van der Waals surface area contributed by atoms with Crippen molar-refractivity contribution in [1.29, 1.82) is 0 Å². The molecule has 1 aliphatic rings. The van der Waals surface area contributed by atoms with Gasteiger partial charge in [0.1, 0.15) is 0 Å². The van der Waals surface area contributed by atoms with Crippen LogP contribution < -0.4 is 5.32 Å². The molecule has 1 amide bonds. The molecule has 0 heterocycles. The van der Waals surface area contributed by atoms with E-state index in [-0.39, 0.29) is 5.91 Å². The van der Waals surface area contributed by atoms with Crippen LogP contribution in [-0.2, 0) is 4.79 Å². The minimum atomic E-state index is -0.0613. The fraction of sp³-hybridized carbons (Fsp3) is 0.133. The Hall–Kier alpha value is -2.09. The van der Waals surface area contributed by atoms with Crippen LogP contribution in [0.5, 0.6) is 0 Å². The zero-order valence-corrected chi connectivity index (χ0v) is 9.81. The van der Waals surface area contributed by atoms with Crippen LogP contribution in [0.25, 0.3) is 0 Å². The number of hydrogen-bond acceptors (Lipinski definition) is 1. The van der Waals surface area contributed by atoms with Gasteiger partial charge in [-0.25, -0.2) is 0 Å². The first-order chi connectivity index (χ1) is 8.25. The summed E-state index contributed by atoms with van der Waals surface area (Å²) in [5.41, 5.74) is 2.71. The summed E-state index contributed by atoms with van der Waals surface area (Å²) in [4.78, 5) is 11.9.